The Labute approximate surface area is 173 Å². The molecular weight excluding hydrogens is 392 g/mol. The molecule has 0 aromatic heterocycles. The number of para-hydroxylation sites is 1. The minimum atomic E-state index is -0.911. The van der Waals surface area contributed by atoms with Crippen molar-refractivity contribution in [3.8, 4) is 11.5 Å². The molecule has 0 atom stereocenters. The molecule has 3 N–H and O–H groups in total. The summed E-state index contributed by atoms with van der Waals surface area (Å²) in [7, 11) is 0. The maximum absolute atomic E-state index is 11.8. The maximum atomic E-state index is 11.8. The van der Waals surface area contributed by atoms with Gasteiger partial charge in [0.25, 0.3) is 0 Å². The molecule has 0 bridgehead atoms. The van der Waals surface area contributed by atoms with E-state index < -0.39 is 12.2 Å². The number of aliphatic imine (C=N–C) groups is 1. The third-order valence-corrected chi connectivity index (χ3v) is 3.40. The van der Waals surface area contributed by atoms with Gasteiger partial charge in [0, 0.05) is 6.07 Å². The second-order valence-electron chi connectivity index (χ2n) is 5.51. The summed E-state index contributed by atoms with van der Waals surface area (Å²) in [5.41, 5.74) is 0.656. The third-order valence-electron chi connectivity index (χ3n) is 3.40. The zero-order valence-electron chi connectivity index (χ0n) is 16.5. The van der Waals surface area contributed by atoms with Crippen LogP contribution in [-0.2, 0) is 14.3 Å². The van der Waals surface area contributed by atoms with Gasteiger partial charge in [-0.15, -0.1) is 4.99 Å². The van der Waals surface area contributed by atoms with Gasteiger partial charge in [0.15, 0.2) is 0 Å². The van der Waals surface area contributed by atoms with E-state index in [0.29, 0.717) is 29.3 Å². The molecule has 2 aromatic carbocycles. The van der Waals surface area contributed by atoms with Crippen LogP contribution in [0.5, 0.6) is 11.5 Å². The van der Waals surface area contributed by atoms with Crippen LogP contribution in [-0.4, -0.2) is 37.8 Å². The Morgan fingerprint density at radius 1 is 0.967 bits per heavy atom. The first kappa shape index (κ1) is 22.2. The minimum Gasteiger partial charge on any atom is -0.457 e. The first-order valence-electron chi connectivity index (χ1n) is 9.09. The molecule has 0 saturated carbocycles. The van der Waals surface area contributed by atoms with Gasteiger partial charge in [0.2, 0.25) is 12.4 Å². The van der Waals surface area contributed by atoms with E-state index in [2.05, 4.69) is 20.9 Å². The average Bonchev–Trinajstić information content (AvgIpc) is 2.71. The number of anilines is 2. The zero-order chi connectivity index (χ0) is 21.8. The lowest BCUT2D eigenvalue weighted by Gasteiger charge is -2.15. The maximum Gasteiger partial charge on any atom is 0.436 e. The first-order valence-corrected chi connectivity index (χ1v) is 9.09. The van der Waals surface area contributed by atoms with Crippen molar-refractivity contribution < 1.29 is 28.6 Å². The van der Waals surface area contributed by atoms with E-state index in [4.69, 9.17) is 14.2 Å². The van der Waals surface area contributed by atoms with Gasteiger partial charge in [-0.2, -0.15) is 0 Å². The van der Waals surface area contributed by atoms with Gasteiger partial charge in [-0.25, -0.2) is 9.59 Å². The predicted octanol–water partition coefficient (Wildman–Crippen LogP) is 3.72. The summed E-state index contributed by atoms with van der Waals surface area (Å²) in [6, 6.07) is 13.9. The quantitative estimate of drug-likeness (QED) is 0.358. The molecule has 158 valence electrons. The molecule has 3 amide bonds. The van der Waals surface area contributed by atoms with E-state index in [1.807, 2.05) is 18.2 Å². The van der Waals surface area contributed by atoms with Crippen molar-refractivity contribution in [1.29, 1.82) is 0 Å². The van der Waals surface area contributed by atoms with Crippen molar-refractivity contribution in [2.24, 2.45) is 4.99 Å². The normalized spacial score (nSPS) is 10.5. The lowest BCUT2D eigenvalue weighted by atomic mass is 10.2. The summed E-state index contributed by atoms with van der Waals surface area (Å²) >= 11 is 0. The van der Waals surface area contributed by atoms with Gasteiger partial charge in [-0.3, -0.25) is 10.1 Å². The molecule has 30 heavy (non-hydrogen) atoms. The Morgan fingerprint density at radius 3 is 2.37 bits per heavy atom. The fraction of sp³-hybridized carbons (Fsp3) is 0.200. The first-order chi connectivity index (χ1) is 14.5. The van der Waals surface area contributed by atoms with Crippen LogP contribution in [0.1, 0.15) is 13.8 Å². The molecule has 0 fully saturated rings. The number of rotatable bonds is 7. The number of carbonyl (C=O) groups excluding carboxylic acids is 3. The summed E-state index contributed by atoms with van der Waals surface area (Å²) in [6.07, 6.45) is -1.25. The van der Waals surface area contributed by atoms with E-state index in [1.54, 1.807) is 44.2 Å². The minimum absolute atomic E-state index is 0.110. The van der Waals surface area contributed by atoms with Gasteiger partial charge < -0.3 is 24.8 Å². The third kappa shape index (κ3) is 7.15. The highest BCUT2D eigenvalue weighted by atomic mass is 16.6. The highest BCUT2D eigenvalue weighted by Crippen LogP contribution is 2.29. The molecule has 0 unspecified atom stereocenters. The number of guanidine groups is 1. The SMILES string of the molecule is CCOC(=O)/N=C(/NC(=O)OCC)Nc1ccc(Oc2ccccc2)cc1NC=O. The van der Waals surface area contributed by atoms with Crippen LogP contribution < -0.4 is 20.7 Å². The number of hydrogen-bond acceptors (Lipinski definition) is 6. The summed E-state index contributed by atoms with van der Waals surface area (Å²) in [4.78, 5) is 38.2. The monoisotopic (exact) mass is 414 g/mol. The molecule has 0 saturated heterocycles. The standard InChI is InChI=1S/C20H22N4O6/c1-3-28-19(26)23-18(24-20(27)29-4-2)22-16-11-10-15(12-17(16)21-13-25)30-14-8-6-5-7-9-14/h5-13H,3-4H2,1-2H3,(H,21,25)(H2,22,23,24,26,27). The smallest absolute Gasteiger partial charge is 0.436 e. The van der Waals surface area contributed by atoms with E-state index in [-0.39, 0.29) is 19.2 Å². The van der Waals surface area contributed by atoms with Crippen LogP contribution in [0.3, 0.4) is 0 Å². The fourth-order valence-electron chi connectivity index (χ4n) is 2.23. The van der Waals surface area contributed by atoms with E-state index in [1.165, 1.54) is 0 Å². The van der Waals surface area contributed by atoms with Crippen LogP contribution in [0.4, 0.5) is 21.0 Å². The second-order valence-corrected chi connectivity index (χ2v) is 5.51. The average molecular weight is 414 g/mol. The molecule has 0 heterocycles. The number of nitrogens with one attached hydrogen (secondary N) is 3. The van der Waals surface area contributed by atoms with Crippen molar-refractivity contribution in [2.75, 3.05) is 23.8 Å². The molecule has 2 rings (SSSR count). The summed E-state index contributed by atoms with van der Waals surface area (Å²) in [5, 5.41) is 7.60. The molecular formula is C20H22N4O6. The number of ether oxygens (including phenoxy) is 3. The Balaban J connectivity index is 2.27. The van der Waals surface area contributed by atoms with Gasteiger partial charge in [-0.1, -0.05) is 18.2 Å². The van der Waals surface area contributed by atoms with Gasteiger partial charge in [0.1, 0.15) is 11.5 Å². The summed E-state index contributed by atoms with van der Waals surface area (Å²) < 4.78 is 15.3. The Morgan fingerprint density at radius 2 is 1.70 bits per heavy atom. The summed E-state index contributed by atoms with van der Waals surface area (Å²) in [6.45, 7) is 3.49. The molecule has 10 nitrogen and oxygen atoms in total. The van der Waals surface area contributed by atoms with Crippen molar-refractivity contribution in [3.63, 3.8) is 0 Å². The molecule has 2 aromatic rings. The molecule has 0 spiro atoms. The van der Waals surface area contributed by atoms with Crippen molar-refractivity contribution in [3.05, 3.63) is 48.5 Å². The van der Waals surface area contributed by atoms with Crippen LogP contribution in [0, 0.1) is 0 Å². The number of benzene rings is 2. The molecule has 0 aliphatic heterocycles. The Kier molecular flexibility index (Phi) is 8.66. The van der Waals surface area contributed by atoms with Crippen LogP contribution >= 0.6 is 0 Å². The number of hydrogen-bond donors (Lipinski definition) is 3. The summed E-state index contributed by atoms with van der Waals surface area (Å²) in [5.74, 6) is 0.833. The molecule has 0 radical (unpaired) electrons. The van der Waals surface area contributed by atoms with E-state index in [9.17, 15) is 14.4 Å². The van der Waals surface area contributed by atoms with Gasteiger partial charge in [0.05, 0.1) is 24.6 Å². The van der Waals surface area contributed by atoms with Crippen molar-refractivity contribution in [2.45, 2.75) is 13.8 Å². The lowest BCUT2D eigenvalue weighted by molar-refractivity contribution is -0.105. The number of alkyl carbamates (subject to hydrolysis) is 1. The Hall–Kier alpha value is -4.08. The number of carbonyl (C=O) groups is 3. The van der Waals surface area contributed by atoms with Crippen molar-refractivity contribution in [1.82, 2.24) is 5.32 Å². The number of amides is 3. The zero-order valence-corrected chi connectivity index (χ0v) is 16.5. The molecule has 10 heteroatoms. The van der Waals surface area contributed by atoms with Gasteiger partial charge >= 0.3 is 12.2 Å². The van der Waals surface area contributed by atoms with E-state index in [0.717, 1.165) is 0 Å². The molecule has 0 aliphatic carbocycles. The topological polar surface area (TPSA) is 127 Å². The van der Waals surface area contributed by atoms with Crippen molar-refractivity contribution >= 4 is 35.9 Å². The van der Waals surface area contributed by atoms with Crippen LogP contribution in [0.15, 0.2) is 53.5 Å². The van der Waals surface area contributed by atoms with Crippen LogP contribution in [0.25, 0.3) is 0 Å². The van der Waals surface area contributed by atoms with Crippen LogP contribution in [0.2, 0.25) is 0 Å². The largest absolute Gasteiger partial charge is 0.457 e. The fourth-order valence-corrected chi connectivity index (χ4v) is 2.23. The van der Waals surface area contributed by atoms with Gasteiger partial charge in [-0.05, 0) is 38.1 Å². The van der Waals surface area contributed by atoms with E-state index >= 15 is 0 Å². The second kappa shape index (κ2) is 11.7. The molecule has 0 aliphatic rings. The lowest BCUT2D eigenvalue weighted by Crippen LogP contribution is -2.37. The Bertz CT molecular complexity index is 901. The predicted molar refractivity (Wildman–Crippen MR) is 111 cm³/mol. The number of nitrogens with zero attached hydrogens (tertiary/aromatic N) is 1. The highest BCUT2D eigenvalue weighted by Gasteiger charge is 2.13. The highest BCUT2D eigenvalue weighted by molar-refractivity contribution is 6.07.